The van der Waals surface area contributed by atoms with E-state index in [2.05, 4.69) is 20.9 Å². The van der Waals surface area contributed by atoms with Crippen LogP contribution in [-0.2, 0) is 30.5 Å². The van der Waals surface area contributed by atoms with E-state index in [9.17, 15) is 24.4 Å². The fraction of sp³-hybridized carbons (Fsp3) is 0.347. The summed E-state index contributed by atoms with van der Waals surface area (Å²) in [5, 5.41) is 21.4. The first-order valence-electron chi connectivity index (χ1n) is 21.5. The van der Waals surface area contributed by atoms with Crippen molar-refractivity contribution in [3.63, 3.8) is 0 Å². The number of hydrogen-bond donors (Lipinski definition) is 6. The lowest BCUT2D eigenvalue weighted by Gasteiger charge is -2.26. The Morgan fingerprint density at radius 2 is 1.25 bits per heavy atom. The van der Waals surface area contributed by atoms with Crippen molar-refractivity contribution in [2.45, 2.75) is 77.1 Å². The maximum Gasteiger partial charge on any atom is 0.328 e. The predicted molar refractivity (Wildman–Crippen MR) is 248 cm³/mol. The quantitative estimate of drug-likeness (QED) is 0.0199. The molecule has 64 heavy (non-hydrogen) atoms. The number of aliphatic imine (C=N–C) groups is 1. The second-order valence-electron chi connectivity index (χ2n) is 15.8. The maximum absolute atomic E-state index is 14.1. The zero-order valence-electron chi connectivity index (χ0n) is 36.4. The summed E-state index contributed by atoms with van der Waals surface area (Å²) in [6.45, 7) is 3.78. The number of hydrogen-bond acceptors (Lipinski definition) is 10. The molecule has 15 heteroatoms. The van der Waals surface area contributed by atoms with E-state index < -0.39 is 48.4 Å². The highest BCUT2D eigenvalue weighted by molar-refractivity contribution is 6.10. The second kappa shape index (κ2) is 24.5. The van der Waals surface area contributed by atoms with Crippen LogP contribution in [0.4, 0.5) is 0 Å². The first-order chi connectivity index (χ1) is 31.0. The SMILES string of the molecule is CC(C)C[C@H](NC(=O)[C@@H](CCCN=C(N)N)NC(=O)[C@@H](CCCCN)NC(=O)COc1ccc2ccccc2c1-c1c(OCC#N)ccc2ccccc12)C(=O)OCc1ccccc1. The number of nitrogens with two attached hydrogens (primary N) is 3. The largest absolute Gasteiger partial charge is 0.483 e. The minimum atomic E-state index is -1.12. The number of fused-ring (bicyclic) bond motifs is 2. The molecule has 336 valence electrons. The number of esters is 1. The van der Waals surface area contributed by atoms with Crippen LogP contribution in [-0.4, -0.2) is 74.1 Å². The third-order valence-corrected chi connectivity index (χ3v) is 10.4. The highest BCUT2D eigenvalue weighted by Crippen LogP contribution is 2.45. The number of nitriles is 1. The molecule has 5 aromatic rings. The summed E-state index contributed by atoms with van der Waals surface area (Å²) in [5.41, 5.74) is 19.0. The fourth-order valence-corrected chi connectivity index (χ4v) is 7.34. The first kappa shape index (κ1) is 47.9. The monoisotopic (exact) mass is 870 g/mol. The van der Waals surface area contributed by atoms with Crippen LogP contribution < -0.4 is 42.6 Å². The third-order valence-electron chi connectivity index (χ3n) is 10.4. The minimum Gasteiger partial charge on any atom is -0.483 e. The molecule has 0 radical (unpaired) electrons. The number of carbonyl (C=O) groups excluding carboxylic acids is 4. The Bertz CT molecular complexity index is 2430. The van der Waals surface area contributed by atoms with Crippen molar-refractivity contribution in [2.24, 2.45) is 28.1 Å². The minimum absolute atomic E-state index is 0.0190. The van der Waals surface area contributed by atoms with Gasteiger partial charge >= 0.3 is 5.97 Å². The van der Waals surface area contributed by atoms with Gasteiger partial charge in [-0.2, -0.15) is 5.26 Å². The lowest BCUT2D eigenvalue weighted by Crippen LogP contribution is -2.56. The van der Waals surface area contributed by atoms with Crippen LogP contribution in [0.5, 0.6) is 11.5 Å². The maximum atomic E-state index is 14.1. The molecule has 0 saturated carbocycles. The normalized spacial score (nSPS) is 12.4. The van der Waals surface area contributed by atoms with Gasteiger partial charge in [-0.05, 0) is 90.2 Å². The molecule has 3 atom stereocenters. The molecule has 3 amide bonds. The van der Waals surface area contributed by atoms with E-state index in [1.54, 1.807) is 6.07 Å². The lowest BCUT2D eigenvalue weighted by molar-refractivity contribution is -0.150. The van der Waals surface area contributed by atoms with Crippen LogP contribution in [0.3, 0.4) is 0 Å². The molecule has 0 unspecified atom stereocenters. The van der Waals surface area contributed by atoms with Gasteiger partial charge in [0.05, 0.1) is 0 Å². The fourth-order valence-electron chi connectivity index (χ4n) is 7.34. The summed E-state index contributed by atoms with van der Waals surface area (Å²) < 4.78 is 17.8. The zero-order chi connectivity index (χ0) is 45.8. The van der Waals surface area contributed by atoms with E-state index in [1.165, 1.54) is 0 Å². The van der Waals surface area contributed by atoms with Gasteiger partial charge < -0.3 is 47.4 Å². The predicted octanol–water partition coefficient (Wildman–Crippen LogP) is 5.37. The Morgan fingerprint density at radius 1 is 0.688 bits per heavy atom. The van der Waals surface area contributed by atoms with Crippen molar-refractivity contribution in [3.8, 4) is 28.7 Å². The molecule has 5 aromatic carbocycles. The molecule has 0 aliphatic heterocycles. The van der Waals surface area contributed by atoms with Crippen molar-refractivity contribution in [1.82, 2.24) is 16.0 Å². The van der Waals surface area contributed by atoms with E-state index >= 15 is 0 Å². The van der Waals surface area contributed by atoms with E-state index in [-0.39, 0.29) is 44.5 Å². The van der Waals surface area contributed by atoms with E-state index in [4.69, 9.17) is 31.4 Å². The molecule has 0 fully saturated rings. The van der Waals surface area contributed by atoms with Crippen molar-refractivity contribution in [1.29, 1.82) is 5.26 Å². The standard InChI is InChI=1S/C49H58N8O7/c1-32(2)29-40(48(61)64-30-33-13-4-3-5-14-33)57-47(60)39(20-12-27-54-49(52)53)56-46(59)38(19-10-11-25-50)55-43(58)31-63-42-24-22-35-16-7-9-18-37(35)45(42)44-36-17-8-6-15-34(36)21-23-41(44)62-28-26-51/h3-9,13-18,21-24,32,38-40H,10-12,19-20,25,27-31,50H2,1-2H3,(H,55,58)(H,56,59)(H,57,60)(H4,52,53,54)/t38-,39-,40+/m1/s1. The van der Waals surface area contributed by atoms with Gasteiger partial charge in [-0.1, -0.05) is 105 Å². The van der Waals surface area contributed by atoms with Crippen molar-refractivity contribution >= 4 is 51.2 Å². The molecule has 9 N–H and O–H groups in total. The summed E-state index contributed by atoms with van der Waals surface area (Å²) in [6, 6.07) is 31.0. The van der Waals surface area contributed by atoms with Crippen LogP contribution in [0.1, 0.15) is 57.9 Å². The van der Waals surface area contributed by atoms with Crippen LogP contribution in [0, 0.1) is 17.2 Å². The Balaban J connectivity index is 1.37. The van der Waals surface area contributed by atoms with Crippen LogP contribution in [0.2, 0.25) is 0 Å². The molecule has 0 spiro atoms. The average molecular weight is 871 g/mol. The van der Waals surface area contributed by atoms with Crippen LogP contribution in [0.25, 0.3) is 32.7 Å². The number of unbranched alkanes of at least 4 members (excludes halogenated alkanes) is 1. The molecule has 5 rings (SSSR count). The number of nitrogens with zero attached hydrogens (tertiary/aromatic N) is 2. The van der Waals surface area contributed by atoms with Gasteiger partial charge in [0, 0.05) is 17.7 Å². The molecule has 0 saturated heterocycles. The number of nitrogens with one attached hydrogen (secondary N) is 3. The third kappa shape index (κ3) is 13.9. The summed E-state index contributed by atoms with van der Waals surface area (Å²) in [6.07, 6.45) is 2.03. The summed E-state index contributed by atoms with van der Waals surface area (Å²) in [5.74, 6) is -1.65. The number of guanidine groups is 1. The Hall–Kier alpha value is -7.18. The van der Waals surface area contributed by atoms with Crippen molar-refractivity contribution in [2.75, 3.05) is 26.3 Å². The van der Waals surface area contributed by atoms with Gasteiger partial charge in [-0.25, -0.2) is 4.79 Å². The highest BCUT2D eigenvalue weighted by Gasteiger charge is 2.31. The molecule has 0 aliphatic rings. The highest BCUT2D eigenvalue weighted by atomic mass is 16.5. The van der Waals surface area contributed by atoms with Gasteiger partial charge in [-0.15, -0.1) is 0 Å². The first-order valence-corrected chi connectivity index (χ1v) is 21.5. The average Bonchev–Trinajstić information content (AvgIpc) is 3.29. The summed E-state index contributed by atoms with van der Waals surface area (Å²) >= 11 is 0. The van der Waals surface area contributed by atoms with E-state index in [0.29, 0.717) is 54.9 Å². The molecular weight excluding hydrogens is 813 g/mol. The molecule has 0 aromatic heterocycles. The van der Waals surface area contributed by atoms with Gasteiger partial charge in [0.25, 0.3) is 5.91 Å². The van der Waals surface area contributed by atoms with E-state index in [1.807, 2.05) is 117 Å². The van der Waals surface area contributed by atoms with Crippen molar-refractivity contribution in [3.05, 3.63) is 109 Å². The second-order valence-corrected chi connectivity index (χ2v) is 15.8. The molecule has 0 bridgehead atoms. The Kier molecular flexibility index (Phi) is 18.3. The number of benzene rings is 5. The number of rotatable bonds is 24. The summed E-state index contributed by atoms with van der Waals surface area (Å²) in [7, 11) is 0. The van der Waals surface area contributed by atoms with Gasteiger partial charge in [-0.3, -0.25) is 19.4 Å². The van der Waals surface area contributed by atoms with Crippen LogP contribution >= 0.6 is 0 Å². The van der Waals surface area contributed by atoms with Crippen LogP contribution in [0.15, 0.2) is 108 Å². The molecular formula is C49H58N8O7. The Morgan fingerprint density at radius 3 is 1.84 bits per heavy atom. The topological polar surface area (TPSA) is 246 Å². The molecule has 0 aliphatic carbocycles. The summed E-state index contributed by atoms with van der Waals surface area (Å²) in [4.78, 5) is 59.3. The van der Waals surface area contributed by atoms with Gasteiger partial charge in [0.1, 0.15) is 42.3 Å². The number of ether oxygens (including phenoxy) is 3. The molecule has 15 nitrogen and oxygen atoms in total. The lowest BCUT2D eigenvalue weighted by atomic mass is 9.92. The van der Waals surface area contributed by atoms with Crippen molar-refractivity contribution < 1.29 is 33.4 Å². The Labute approximate surface area is 373 Å². The number of carbonyl (C=O) groups is 4. The zero-order valence-corrected chi connectivity index (χ0v) is 36.4. The van der Waals surface area contributed by atoms with Gasteiger partial charge in [0.15, 0.2) is 19.2 Å². The van der Waals surface area contributed by atoms with E-state index in [0.717, 1.165) is 27.1 Å². The molecule has 0 heterocycles. The smallest absolute Gasteiger partial charge is 0.328 e. The van der Waals surface area contributed by atoms with Gasteiger partial charge in [0.2, 0.25) is 11.8 Å². The number of amides is 3.